The Bertz CT molecular complexity index is 2600. The summed E-state index contributed by atoms with van der Waals surface area (Å²) < 4.78 is 2.47. The third-order valence-electron chi connectivity index (χ3n) is 10.3. The summed E-state index contributed by atoms with van der Waals surface area (Å²) in [5.74, 6) is 0. The van der Waals surface area contributed by atoms with Crippen molar-refractivity contribution < 1.29 is 0 Å². The minimum Gasteiger partial charge on any atom is -0.309 e. The Morgan fingerprint density at radius 1 is 0.432 bits per heavy atom. The number of hydrogen-bond donors (Lipinski definition) is 0. The molecule has 1 aliphatic carbocycles. The van der Waals surface area contributed by atoms with Crippen LogP contribution in [0.5, 0.6) is 0 Å². The summed E-state index contributed by atoms with van der Waals surface area (Å²) in [7, 11) is 0. The number of fused-ring (bicyclic) bond motifs is 6. The first-order valence-corrected chi connectivity index (χ1v) is 15.5. The number of para-hydroxylation sites is 1. The van der Waals surface area contributed by atoms with E-state index in [0.717, 1.165) is 0 Å². The van der Waals surface area contributed by atoms with Crippen molar-refractivity contribution in [2.45, 2.75) is 19.3 Å². The predicted octanol–water partition coefficient (Wildman–Crippen LogP) is 11.7. The van der Waals surface area contributed by atoms with E-state index in [0.29, 0.717) is 0 Å². The molecule has 0 spiro atoms. The number of hydrogen-bond acceptors (Lipinski definition) is 0. The van der Waals surface area contributed by atoms with Gasteiger partial charge in [-0.3, -0.25) is 0 Å². The summed E-state index contributed by atoms with van der Waals surface area (Å²) in [6.07, 6.45) is 0. The molecular weight excluding hydrogens is 530 g/mol. The van der Waals surface area contributed by atoms with Crippen molar-refractivity contribution in [1.82, 2.24) is 4.57 Å². The third-order valence-corrected chi connectivity index (χ3v) is 10.3. The van der Waals surface area contributed by atoms with Gasteiger partial charge in [-0.25, -0.2) is 0 Å². The van der Waals surface area contributed by atoms with Crippen molar-refractivity contribution >= 4 is 54.1 Å². The molecule has 0 N–H and O–H groups in total. The molecule has 10 rings (SSSR count). The van der Waals surface area contributed by atoms with Crippen molar-refractivity contribution in [3.63, 3.8) is 0 Å². The van der Waals surface area contributed by atoms with E-state index in [1.807, 2.05) is 0 Å². The van der Waals surface area contributed by atoms with Gasteiger partial charge in [0.2, 0.25) is 0 Å². The predicted molar refractivity (Wildman–Crippen MR) is 187 cm³/mol. The topological polar surface area (TPSA) is 4.93 Å². The highest BCUT2D eigenvalue weighted by Gasteiger charge is 2.36. The maximum Gasteiger partial charge on any atom is 0.0547 e. The molecule has 0 radical (unpaired) electrons. The minimum atomic E-state index is -0.0387. The van der Waals surface area contributed by atoms with Crippen molar-refractivity contribution in [1.29, 1.82) is 0 Å². The molecule has 1 heterocycles. The second kappa shape index (κ2) is 8.36. The quantitative estimate of drug-likeness (QED) is 0.186. The molecule has 1 heteroatoms. The fourth-order valence-electron chi connectivity index (χ4n) is 8.22. The van der Waals surface area contributed by atoms with E-state index in [-0.39, 0.29) is 5.41 Å². The molecule has 9 aromatic rings. The zero-order valence-corrected chi connectivity index (χ0v) is 24.7. The van der Waals surface area contributed by atoms with Crippen LogP contribution in [0.2, 0.25) is 0 Å². The molecular formula is C43H29N. The van der Waals surface area contributed by atoms with Gasteiger partial charge in [0, 0.05) is 21.9 Å². The Balaban J connectivity index is 1.29. The Morgan fingerprint density at radius 3 is 1.95 bits per heavy atom. The Labute approximate surface area is 255 Å². The fourth-order valence-corrected chi connectivity index (χ4v) is 8.22. The van der Waals surface area contributed by atoms with E-state index < -0.39 is 0 Å². The number of benzene rings is 8. The van der Waals surface area contributed by atoms with Crippen LogP contribution in [0, 0.1) is 0 Å². The molecule has 0 atom stereocenters. The summed E-state index contributed by atoms with van der Waals surface area (Å²) in [5.41, 5.74) is 11.7. The van der Waals surface area contributed by atoms with Gasteiger partial charge in [-0.15, -0.1) is 0 Å². The highest BCUT2D eigenvalue weighted by atomic mass is 15.0. The lowest BCUT2D eigenvalue weighted by atomic mass is 9.82. The number of aromatic nitrogens is 1. The van der Waals surface area contributed by atoms with E-state index in [9.17, 15) is 0 Å². The van der Waals surface area contributed by atoms with E-state index in [1.54, 1.807) is 0 Å². The molecule has 1 aliphatic rings. The van der Waals surface area contributed by atoms with E-state index in [4.69, 9.17) is 0 Å². The van der Waals surface area contributed by atoms with Crippen LogP contribution in [0.4, 0.5) is 0 Å². The van der Waals surface area contributed by atoms with Crippen molar-refractivity contribution in [2.75, 3.05) is 0 Å². The van der Waals surface area contributed by atoms with Gasteiger partial charge in [0.1, 0.15) is 0 Å². The van der Waals surface area contributed by atoms with E-state index in [1.165, 1.54) is 93.2 Å². The first-order chi connectivity index (χ1) is 21.6. The highest BCUT2D eigenvalue weighted by Crippen LogP contribution is 2.51. The molecule has 1 aromatic heterocycles. The molecule has 206 valence electrons. The maximum absolute atomic E-state index is 2.47. The van der Waals surface area contributed by atoms with Gasteiger partial charge in [0.15, 0.2) is 0 Å². The SMILES string of the molecule is CC1(C)c2ccccc2-c2cc3c(cc21)c1ccc(-c2ccc4ccc5cccc6ccc2c4c56)cc1n3-c1ccccc1. The van der Waals surface area contributed by atoms with Crippen LogP contribution in [-0.4, -0.2) is 4.57 Å². The standard InChI is InChI=1S/C43H29N/c1-43(2)37-14-7-6-13-32(37)35-25-40-36(24-38(35)43)33-21-19-29(23-39(33)44(40)30-11-4-3-5-12-30)31-20-17-28-16-15-26-9-8-10-27-18-22-34(31)42(28)41(26)27/h3-25H,1-2H3. The number of rotatable bonds is 2. The van der Waals surface area contributed by atoms with Crippen molar-refractivity contribution in [3.8, 4) is 27.9 Å². The van der Waals surface area contributed by atoms with Gasteiger partial charge in [0.05, 0.1) is 11.0 Å². The molecule has 0 saturated carbocycles. The second-order valence-corrected chi connectivity index (χ2v) is 13.0. The van der Waals surface area contributed by atoms with Crippen LogP contribution in [0.25, 0.3) is 82.1 Å². The van der Waals surface area contributed by atoms with Crippen LogP contribution in [0.3, 0.4) is 0 Å². The monoisotopic (exact) mass is 559 g/mol. The zero-order chi connectivity index (χ0) is 29.2. The van der Waals surface area contributed by atoms with Crippen molar-refractivity contribution in [3.05, 3.63) is 151 Å². The van der Waals surface area contributed by atoms with Crippen LogP contribution >= 0.6 is 0 Å². The normalized spacial score (nSPS) is 13.9. The lowest BCUT2D eigenvalue weighted by Crippen LogP contribution is -2.14. The lowest BCUT2D eigenvalue weighted by molar-refractivity contribution is 0.661. The first kappa shape index (κ1) is 24.1. The van der Waals surface area contributed by atoms with E-state index >= 15 is 0 Å². The molecule has 0 fully saturated rings. The van der Waals surface area contributed by atoms with Gasteiger partial charge in [-0.05, 0) is 96.0 Å². The van der Waals surface area contributed by atoms with Crippen LogP contribution < -0.4 is 0 Å². The molecule has 44 heavy (non-hydrogen) atoms. The Morgan fingerprint density at radius 2 is 1.11 bits per heavy atom. The van der Waals surface area contributed by atoms with E-state index in [2.05, 4.69) is 158 Å². The Hall–Kier alpha value is -5.40. The molecule has 0 bridgehead atoms. The van der Waals surface area contributed by atoms with Crippen LogP contribution in [0.15, 0.2) is 140 Å². The van der Waals surface area contributed by atoms with Gasteiger partial charge in [0.25, 0.3) is 0 Å². The maximum atomic E-state index is 2.47. The smallest absolute Gasteiger partial charge is 0.0547 e. The summed E-state index contributed by atoms with van der Waals surface area (Å²) in [5, 5.41) is 10.5. The molecule has 0 aliphatic heterocycles. The highest BCUT2D eigenvalue weighted by molar-refractivity contribution is 6.25. The summed E-state index contributed by atoms with van der Waals surface area (Å²) in [6.45, 7) is 4.73. The summed E-state index contributed by atoms with van der Waals surface area (Å²) in [4.78, 5) is 0. The largest absolute Gasteiger partial charge is 0.309 e. The van der Waals surface area contributed by atoms with Crippen molar-refractivity contribution in [2.24, 2.45) is 0 Å². The van der Waals surface area contributed by atoms with Crippen LogP contribution in [0.1, 0.15) is 25.0 Å². The molecule has 1 nitrogen and oxygen atoms in total. The summed E-state index contributed by atoms with van der Waals surface area (Å²) in [6, 6.07) is 52.2. The third kappa shape index (κ3) is 3.04. The molecule has 0 amide bonds. The average molecular weight is 560 g/mol. The first-order valence-electron chi connectivity index (χ1n) is 15.5. The van der Waals surface area contributed by atoms with Gasteiger partial charge < -0.3 is 4.57 Å². The number of nitrogens with zero attached hydrogens (tertiary/aromatic N) is 1. The minimum absolute atomic E-state index is 0.0387. The fraction of sp³-hybridized carbons (Fsp3) is 0.0698. The van der Waals surface area contributed by atoms with Gasteiger partial charge >= 0.3 is 0 Å². The average Bonchev–Trinajstić information content (AvgIpc) is 3.50. The van der Waals surface area contributed by atoms with Crippen LogP contribution in [-0.2, 0) is 5.41 Å². The second-order valence-electron chi connectivity index (χ2n) is 13.0. The summed E-state index contributed by atoms with van der Waals surface area (Å²) >= 11 is 0. The molecule has 0 unspecified atom stereocenters. The molecule has 8 aromatic carbocycles. The molecule has 0 saturated heterocycles. The van der Waals surface area contributed by atoms with Gasteiger partial charge in [-0.2, -0.15) is 0 Å². The lowest BCUT2D eigenvalue weighted by Gasteiger charge is -2.21. The Kier molecular flexibility index (Phi) is 4.58. The zero-order valence-electron chi connectivity index (χ0n) is 24.7. The van der Waals surface area contributed by atoms with Gasteiger partial charge in [-0.1, -0.05) is 123 Å².